The third kappa shape index (κ3) is 6.34. The number of aliphatic hydroxyl groups is 2. The highest BCUT2D eigenvalue weighted by molar-refractivity contribution is 4.69. The predicted octanol–water partition coefficient (Wildman–Crippen LogP) is 1.16. The van der Waals surface area contributed by atoms with Crippen molar-refractivity contribution in [1.29, 1.82) is 0 Å². The monoisotopic (exact) mass is 176 g/mol. The largest absolute Gasteiger partial charge is 0.396 e. The zero-order valence-electron chi connectivity index (χ0n) is 8.37. The summed E-state index contributed by atoms with van der Waals surface area (Å²) in [7, 11) is 1.40. The van der Waals surface area contributed by atoms with Gasteiger partial charge in [0.15, 0.2) is 6.29 Å². The molecule has 3 heteroatoms. The first-order chi connectivity index (χ1) is 5.46. The molecule has 0 saturated heterocycles. The van der Waals surface area contributed by atoms with Gasteiger partial charge in [-0.05, 0) is 6.92 Å². The number of hydrogen-bond donors (Lipinski definition) is 2. The topological polar surface area (TPSA) is 49.7 Å². The summed E-state index contributed by atoms with van der Waals surface area (Å²) in [6.07, 6.45) is 0.863. The zero-order valence-corrected chi connectivity index (χ0v) is 8.37. The van der Waals surface area contributed by atoms with Crippen molar-refractivity contribution in [2.24, 2.45) is 5.41 Å². The van der Waals surface area contributed by atoms with Crippen LogP contribution in [0.4, 0.5) is 0 Å². The van der Waals surface area contributed by atoms with E-state index >= 15 is 0 Å². The van der Waals surface area contributed by atoms with Gasteiger partial charge in [-0.3, -0.25) is 0 Å². The van der Waals surface area contributed by atoms with Gasteiger partial charge in [-0.2, -0.15) is 0 Å². The van der Waals surface area contributed by atoms with Gasteiger partial charge < -0.3 is 14.9 Å². The van der Waals surface area contributed by atoms with Crippen LogP contribution in [0.1, 0.15) is 20.8 Å². The standard InChI is InChI=1S/C6H14O3.C3H6/c1-6(2,4-7)5(8)9-3;1-3-2/h5,7-8H,4H2,1-3H3;3H,1H2,2H3. The van der Waals surface area contributed by atoms with E-state index in [0.717, 1.165) is 0 Å². The van der Waals surface area contributed by atoms with Gasteiger partial charge in [-0.1, -0.05) is 19.9 Å². The molecule has 0 saturated carbocycles. The van der Waals surface area contributed by atoms with Gasteiger partial charge in [0.2, 0.25) is 0 Å². The average molecular weight is 176 g/mol. The summed E-state index contributed by atoms with van der Waals surface area (Å²) in [5.74, 6) is 0. The number of aliphatic hydroxyl groups excluding tert-OH is 2. The quantitative estimate of drug-likeness (QED) is 0.501. The second-order valence-corrected chi connectivity index (χ2v) is 3.14. The first-order valence-electron chi connectivity index (χ1n) is 3.85. The van der Waals surface area contributed by atoms with Crippen molar-refractivity contribution < 1.29 is 14.9 Å². The summed E-state index contributed by atoms with van der Waals surface area (Å²) in [4.78, 5) is 0. The molecule has 1 atom stereocenters. The summed E-state index contributed by atoms with van der Waals surface area (Å²) in [5.41, 5.74) is -0.561. The lowest BCUT2D eigenvalue weighted by Gasteiger charge is -2.26. The highest BCUT2D eigenvalue weighted by Gasteiger charge is 2.26. The maximum Gasteiger partial charge on any atom is 0.161 e. The van der Waals surface area contributed by atoms with Gasteiger partial charge in [-0.25, -0.2) is 0 Å². The third-order valence-corrected chi connectivity index (χ3v) is 1.30. The normalized spacial score (nSPS) is 12.8. The van der Waals surface area contributed by atoms with E-state index in [0.29, 0.717) is 0 Å². The molecule has 0 radical (unpaired) electrons. The molecule has 12 heavy (non-hydrogen) atoms. The van der Waals surface area contributed by atoms with Gasteiger partial charge in [0, 0.05) is 12.5 Å². The summed E-state index contributed by atoms with van der Waals surface area (Å²) in [5, 5.41) is 17.7. The van der Waals surface area contributed by atoms with Crippen molar-refractivity contribution >= 4 is 0 Å². The van der Waals surface area contributed by atoms with E-state index in [1.54, 1.807) is 19.9 Å². The van der Waals surface area contributed by atoms with Gasteiger partial charge in [0.05, 0.1) is 6.61 Å². The van der Waals surface area contributed by atoms with Crippen molar-refractivity contribution in [2.75, 3.05) is 13.7 Å². The molecule has 2 N–H and O–H groups in total. The minimum absolute atomic E-state index is 0.0813. The second-order valence-electron chi connectivity index (χ2n) is 3.14. The number of methoxy groups -OCH3 is 1. The van der Waals surface area contributed by atoms with Crippen LogP contribution in [0.25, 0.3) is 0 Å². The Morgan fingerprint density at radius 3 is 2.00 bits per heavy atom. The van der Waals surface area contributed by atoms with E-state index in [1.165, 1.54) is 7.11 Å². The Balaban J connectivity index is 0. The number of allylic oxidation sites excluding steroid dienone is 1. The molecule has 74 valence electrons. The van der Waals surface area contributed by atoms with E-state index in [9.17, 15) is 0 Å². The first kappa shape index (κ1) is 14.2. The summed E-state index contributed by atoms with van der Waals surface area (Å²) in [6.45, 7) is 8.62. The summed E-state index contributed by atoms with van der Waals surface area (Å²) < 4.78 is 4.60. The maximum atomic E-state index is 9.00. The summed E-state index contributed by atoms with van der Waals surface area (Å²) >= 11 is 0. The number of hydrogen-bond acceptors (Lipinski definition) is 3. The van der Waals surface area contributed by atoms with Gasteiger partial charge in [-0.15, -0.1) is 6.58 Å². The second kappa shape index (κ2) is 7.28. The van der Waals surface area contributed by atoms with Gasteiger partial charge in [0.1, 0.15) is 0 Å². The number of ether oxygens (including phenoxy) is 1. The molecule has 0 spiro atoms. The molecule has 3 nitrogen and oxygen atoms in total. The Kier molecular flexibility index (Phi) is 8.59. The lowest BCUT2D eigenvalue weighted by atomic mass is 9.94. The van der Waals surface area contributed by atoms with Crippen LogP contribution in [0.5, 0.6) is 0 Å². The molecule has 0 aromatic carbocycles. The smallest absolute Gasteiger partial charge is 0.161 e. The van der Waals surface area contributed by atoms with E-state index in [2.05, 4.69) is 11.3 Å². The van der Waals surface area contributed by atoms with Crippen LogP contribution in [0.15, 0.2) is 12.7 Å². The van der Waals surface area contributed by atoms with Crippen LogP contribution < -0.4 is 0 Å². The highest BCUT2D eigenvalue weighted by Crippen LogP contribution is 2.19. The molecule has 0 aromatic heterocycles. The summed E-state index contributed by atoms with van der Waals surface area (Å²) in [6, 6.07) is 0. The Hall–Kier alpha value is -0.380. The Morgan fingerprint density at radius 1 is 1.58 bits per heavy atom. The van der Waals surface area contributed by atoms with E-state index in [-0.39, 0.29) is 6.61 Å². The predicted molar refractivity (Wildman–Crippen MR) is 49.8 cm³/mol. The van der Waals surface area contributed by atoms with Crippen molar-refractivity contribution in [3.63, 3.8) is 0 Å². The van der Waals surface area contributed by atoms with Crippen LogP contribution in [0.3, 0.4) is 0 Å². The fourth-order valence-electron chi connectivity index (χ4n) is 0.397. The van der Waals surface area contributed by atoms with Crippen LogP contribution in [0, 0.1) is 5.41 Å². The highest BCUT2D eigenvalue weighted by atomic mass is 16.6. The van der Waals surface area contributed by atoms with Crippen LogP contribution >= 0.6 is 0 Å². The molecule has 1 unspecified atom stereocenters. The molecule has 0 aliphatic carbocycles. The Morgan fingerprint density at radius 2 is 1.92 bits per heavy atom. The molecule has 0 aliphatic heterocycles. The van der Waals surface area contributed by atoms with Crippen molar-refractivity contribution in [3.8, 4) is 0 Å². The molecule has 0 fully saturated rings. The molecular formula is C9H20O3. The van der Waals surface area contributed by atoms with Gasteiger partial charge in [0.25, 0.3) is 0 Å². The van der Waals surface area contributed by atoms with Crippen LogP contribution in [-0.4, -0.2) is 30.2 Å². The fourth-order valence-corrected chi connectivity index (χ4v) is 0.397. The van der Waals surface area contributed by atoms with E-state index in [1.807, 2.05) is 6.92 Å². The molecule has 0 rings (SSSR count). The van der Waals surface area contributed by atoms with Gasteiger partial charge >= 0.3 is 0 Å². The Labute approximate surface area is 74.7 Å². The van der Waals surface area contributed by atoms with Crippen LogP contribution in [-0.2, 0) is 4.74 Å². The molecular weight excluding hydrogens is 156 g/mol. The lowest BCUT2D eigenvalue weighted by Crippen LogP contribution is -2.33. The van der Waals surface area contributed by atoms with E-state index < -0.39 is 11.7 Å². The molecule has 0 heterocycles. The van der Waals surface area contributed by atoms with Crippen molar-refractivity contribution in [1.82, 2.24) is 0 Å². The Bertz CT molecular complexity index is 110. The average Bonchev–Trinajstić information content (AvgIpc) is 2.04. The van der Waals surface area contributed by atoms with Crippen molar-refractivity contribution in [3.05, 3.63) is 12.7 Å². The molecule has 0 aromatic rings. The first-order valence-corrected chi connectivity index (χ1v) is 3.85. The van der Waals surface area contributed by atoms with E-state index in [4.69, 9.17) is 10.2 Å². The lowest BCUT2D eigenvalue weighted by molar-refractivity contribution is -0.158. The zero-order chi connectivity index (χ0) is 10.2. The minimum Gasteiger partial charge on any atom is -0.396 e. The SMILES string of the molecule is C=CC.COC(O)C(C)(C)CO. The van der Waals surface area contributed by atoms with Crippen LogP contribution in [0.2, 0.25) is 0 Å². The fraction of sp³-hybridized carbons (Fsp3) is 0.778. The number of rotatable bonds is 3. The minimum atomic E-state index is -0.887. The molecule has 0 bridgehead atoms. The maximum absolute atomic E-state index is 9.00. The third-order valence-electron chi connectivity index (χ3n) is 1.30. The molecule has 0 amide bonds. The molecule has 0 aliphatic rings. The van der Waals surface area contributed by atoms with Crippen molar-refractivity contribution in [2.45, 2.75) is 27.1 Å².